The van der Waals surface area contributed by atoms with Crippen LogP contribution in [0.4, 0.5) is 0 Å². The molecule has 0 atom stereocenters. The number of rotatable bonds is 2. The Bertz CT molecular complexity index is 3080. The second-order valence-electron chi connectivity index (χ2n) is 12.4. The van der Waals surface area contributed by atoms with Crippen molar-refractivity contribution in [3.05, 3.63) is 152 Å². The highest BCUT2D eigenvalue weighted by atomic mass is 16.3. The van der Waals surface area contributed by atoms with Crippen molar-refractivity contribution in [2.45, 2.75) is 0 Å². The van der Waals surface area contributed by atoms with Gasteiger partial charge in [0.25, 0.3) is 0 Å². The molecular formula is C43H25N3O. The van der Waals surface area contributed by atoms with Crippen LogP contribution in [0.5, 0.6) is 0 Å². The molecule has 0 aliphatic rings. The number of nitrogens with zero attached hydrogens (tertiary/aromatic N) is 3. The average molecular weight is 600 g/mol. The zero-order valence-corrected chi connectivity index (χ0v) is 25.2. The SMILES string of the molecule is c1cc(-c2ccc3oc4ccccc4c3c2)cc(-n2c3ccccc3c3cc4c5ccccc5n5c6ccccc6nc5c4cc32)c1. The van der Waals surface area contributed by atoms with E-state index in [1.54, 1.807) is 0 Å². The van der Waals surface area contributed by atoms with Crippen LogP contribution in [-0.2, 0) is 0 Å². The largest absolute Gasteiger partial charge is 0.456 e. The molecule has 4 heteroatoms. The summed E-state index contributed by atoms with van der Waals surface area (Å²) in [4.78, 5) is 5.20. The maximum absolute atomic E-state index is 6.12. The lowest BCUT2D eigenvalue weighted by molar-refractivity contribution is 0.669. The molecule has 4 nitrogen and oxygen atoms in total. The van der Waals surface area contributed by atoms with E-state index in [1.807, 2.05) is 12.1 Å². The van der Waals surface area contributed by atoms with Crippen LogP contribution in [0.2, 0.25) is 0 Å². The van der Waals surface area contributed by atoms with Crippen LogP contribution in [0.25, 0.3) is 98.9 Å². The molecule has 0 aliphatic carbocycles. The van der Waals surface area contributed by atoms with Crippen molar-refractivity contribution < 1.29 is 4.42 Å². The lowest BCUT2D eigenvalue weighted by Crippen LogP contribution is -1.95. The lowest BCUT2D eigenvalue weighted by Gasteiger charge is -2.12. The number of hydrogen-bond donors (Lipinski definition) is 0. The van der Waals surface area contributed by atoms with E-state index in [1.165, 1.54) is 32.6 Å². The minimum atomic E-state index is 0.908. The number of pyridine rings is 1. The van der Waals surface area contributed by atoms with Crippen LogP contribution >= 0.6 is 0 Å². The van der Waals surface area contributed by atoms with Gasteiger partial charge in [-0.15, -0.1) is 0 Å². The molecule has 218 valence electrons. The summed E-state index contributed by atoms with van der Waals surface area (Å²) in [5.41, 5.74) is 11.9. The van der Waals surface area contributed by atoms with Gasteiger partial charge in [-0.3, -0.25) is 4.40 Å². The zero-order chi connectivity index (χ0) is 30.6. The molecule has 4 aromatic heterocycles. The minimum absolute atomic E-state index is 0.908. The molecule has 0 N–H and O–H groups in total. The van der Waals surface area contributed by atoms with Gasteiger partial charge in [-0.05, 0) is 83.2 Å². The van der Waals surface area contributed by atoms with Crippen LogP contribution in [0, 0.1) is 0 Å². The Morgan fingerprint density at radius 2 is 1.11 bits per heavy atom. The van der Waals surface area contributed by atoms with E-state index in [-0.39, 0.29) is 0 Å². The summed E-state index contributed by atoms with van der Waals surface area (Å²) in [6, 6.07) is 54.2. The van der Waals surface area contributed by atoms with Crippen LogP contribution < -0.4 is 0 Å². The number of hydrogen-bond acceptors (Lipinski definition) is 2. The van der Waals surface area contributed by atoms with E-state index in [0.717, 1.165) is 66.3 Å². The molecule has 0 aliphatic heterocycles. The summed E-state index contributed by atoms with van der Waals surface area (Å²) >= 11 is 0. The van der Waals surface area contributed by atoms with Crippen molar-refractivity contribution in [3.63, 3.8) is 0 Å². The van der Waals surface area contributed by atoms with Gasteiger partial charge in [0.1, 0.15) is 16.8 Å². The fourth-order valence-corrected chi connectivity index (χ4v) is 7.78. The van der Waals surface area contributed by atoms with Gasteiger partial charge in [0.2, 0.25) is 0 Å². The van der Waals surface area contributed by atoms with Gasteiger partial charge in [0.05, 0.1) is 27.6 Å². The fraction of sp³-hybridized carbons (Fsp3) is 0. The van der Waals surface area contributed by atoms with E-state index in [2.05, 4.69) is 148 Å². The van der Waals surface area contributed by atoms with Crippen LogP contribution in [0.1, 0.15) is 0 Å². The first-order chi connectivity index (χ1) is 23.3. The topological polar surface area (TPSA) is 35.4 Å². The molecule has 0 saturated carbocycles. The second-order valence-corrected chi connectivity index (χ2v) is 12.4. The van der Waals surface area contributed by atoms with E-state index in [4.69, 9.17) is 9.40 Å². The Morgan fingerprint density at radius 3 is 2.00 bits per heavy atom. The fourth-order valence-electron chi connectivity index (χ4n) is 7.78. The molecule has 0 bridgehead atoms. The highest BCUT2D eigenvalue weighted by Crippen LogP contribution is 2.40. The minimum Gasteiger partial charge on any atom is -0.456 e. The van der Waals surface area contributed by atoms with Crippen molar-refractivity contribution in [2.24, 2.45) is 0 Å². The van der Waals surface area contributed by atoms with Crippen molar-refractivity contribution in [1.29, 1.82) is 0 Å². The van der Waals surface area contributed by atoms with Crippen LogP contribution in [0.15, 0.2) is 156 Å². The summed E-state index contributed by atoms with van der Waals surface area (Å²) in [6.07, 6.45) is 0. The summed E-state index contributed by atoms with van der Waals surface area (Å²) in [7, 11) is 0. The Morgan fingerprint density at radius 1 is 0.404 bits per heavy atom. The lowest BCUT2D eigenvalue weighted by atomic mass is 10.0. The third kappa shape index (κ3) is 3.39. The molecule has 11 aromatic rings. The number of imidazole rings is 1. The molecule has 0 radical (unpaired) electrons. The van der Waals surface area contributed by atoms with Gasteiger partial charge in [0, 0.05) is 38.0 Å². The predicted molar refractivity (Wildman–Crippen MR) is 195 cm³/mol. The van der Waals surface area contributed by atoms with E-state index < -0.39 is 0 Å². The smallest absolute Gasteiger partial charge is 0.146 e. The number of aromatic nitrogens is 3. The first-order valence-corrected chi connectivity index (χ1v) is 16.0. The molecule has 11 rings (SSSR count). The molecule has 0 amide bonds. The average Bonchev–Trinajstić information content (AvgIpc) is 3.80. The Kier molecular flexibility index (Phi) is 4.81. The maximum Gasteiger partial charge on any atom is 0.146 e. The third-order valence-electron chi connectivity index (χ3n) is 9.86. The molecule has 47 heavy (non-hydrogen) atoms. The van der Waals surface area contributed by atoms with Crippen LogP contribution in [-0.4, -0.2) is 14.0 Å². The van der Waals surface area contributed by atoms with Gasteiger partial charge >= 0.3 is 0 Å². The first-order valence-electron chi connectivity index (χ1n) is 16.0. The number of benzene rings is 7. The molecular weight excluding hydrogens is 574 g/mol. The van der Waals surface area contributed by atoms with Gasteiger partial charge in [0.15, 0.2) is 0 Å². The van der Waals surface area contributed by atoms with Gasteiger partial charge in [-0.1, -0.05) is 84.9 Å². The van der Waals surface area contributed by atoms with Gasteiger partial charge < -0.3 is 8.98 Å². The summed E-state index contributed by atoms with van der Waals surface area (Å²) in [5, 5.41) is 8.32. The summed E-state index contributed by atoms with van der Waals surface area (Å²) < 4.78 is 10.9. The van der Waals surface area contributed by atoms with Crippen molar-refractivity contribution in [3.8, 4) is 16.8 Å². The first kappa shape index (κ1) is 24.9. The van der Waals surface area contributed by atoms with Gasteiger partial charge in [-0.25, -0.2) is 4.98 Å². The Hall–Kier alpha value is -6.39. The molecule has 7 aromatic carbocycles. The number of para-hydroxylation sites is 5. The molecule has 0 fully saturated rings. The third-order valence-corrected chi connectivity index (χ3v) is 9.86. The van der Waals surface area contributed by atoms with Gasteiger partial charge in [-0.2, -0.15) is 0 Å². The quantitative estimate of drug-likeness (QED) is 0.185. The Balaban J connectivity index is 1.21. The zero-order valence-electron chi connectivity index (χ0n) is 25.2. The normalized spacial score (nSPS) is 12.3. The molecule has 0 saturated heterocycles. The van der Waals surface area contributed by atoms with Crippen LogP contribution in [0.3, 0.4) is 0 Å². The van der Waals surface area contributed by atoms with E-state index >= 15 is 0 Å². The second kappa shape index (κ2) is 9.09. The van der Waals surface area contributed by atoms with Crippen molar-refractivity contribution in [1.82, 2.24) is 14.0 Å². The monoisotopic (exact) mass is 599 g/mol. The molecule has 0 unspecified atom stereocenters. The van der Waals surface area contributed by atoms with Crippen molar-refractivity contribution >= 4 is 82.1 Å². The molecule has 0 spiro atoms. The van der Waals surface area contributed by atoms with E-state index in [9.17, 15) is 0 Å². The van der Waals surface area contributed by atoms with Crippen molar-refractivity contribution in [2.75, 3.05) is 0 Å². The maximum atomic E-state index is 6.12. The number of furan rings is 1. The predicted octanol–water partition coefficient (Wildman–Crippen LogP) is 11.5. The highest BCUT2D eigenvalue weighted by molar-refractivity contribution is 6.21. The highest BCUT2D eigenvalue weighted by Gasteiger charge is 2.19. The number of fused-ring (bicyclic) bond motifs is 14. The Labute approximate surface area is 268 Å². The summed E-state index contributed by atoms with van der Waals surface area (Å²) in [6.45, 7) is 0. The van der Waals surface area contributed by atoms with E-state index in [0.29, 0.717) is 0 Å². The standard InChI is InChI=1S/C43H25N3O/c1-6-17-38-29(12-1)32-24-33-30-13-2-5-16-37(30)45(40(33)25-35(32)43-44-36-15-4-7-18-39(36)46(38)43)28-11-9-10-26(22-28)27-20-21-42-34(23-27)31-14-3-8-19-41(31)47-42/h1-25H. The molecule has 4 heterocycles. The summed E-state index contributed by atoms with van der Waals surface area (Å²) in [5.74, 6) is 0.